The van der Waals surface area contributed by atoms with Crippen LogP contribution in [0.25, 0.3) is 0 Å². The van der Waals surface area contributed by atoms with Crippen molar-refractivity contribution in [2.45, 2.75) is 64.3 Å². The summed E-state index contributed by atoms with van der Waals surface area (Å²) in [6.07, 6.45) is 6.96. The molecule has 0 aliphatic carbocycles. The van der Waals surface area contributed by atoms with Gasteiger partial charge >= 0.3 is 11.9 Å². The molecule has 1 aliphatic heterocycles. The van der Waals surface area contributed by atoms with Crippen LogP contribution in [0.1, 0.15) is 58.4 Å². The fourth-order valence-electron chi connectivity index (χ4n) is 4.30. The molecule has 1 aromatic rings. The number of likely N-dealkylation sites (tertiary alicyclic amines) is 1. The van der Waals surface area contributed by atoms with E-state index in [0.29, 0.717) is 5.75 Å². The van der Waals surface area contributed by atoms with Crippen molar-refractivity contribution in [1.82, 2.24) is 10.2 Å². The predicted molar refractivity (Wildman–Crippen MR) is 134 cm³/mol. The SMILES string of the molecule is CCC1(c2cccc(OC(=O)/C=C/CC(=O)N[C@H](C(=O)O)C(C)C)c2)CCCCN(C)C1.S. The molecule has 1 amide bonds. The molecule has 1 unspecified atom stereocenters. The van der Waals surface area contributed by atoms with Gasteiger partial charge in [0.2, 0.25) is 5.91 Å². The highest BCUT2D eigenvalue weighted by Crippen LogP contribution is 2.37. The molecule has 0 bridgehead atoms. The first-order valence-corrected chi connectivity index (χ1v) is 11.4. The number of ether oxygens (including phenoxy) is 1. The van der Waals surface area contributed by atoms with Crippen LogP contribution in [-0.4, -0.2) is 54.0 Å². The zero-order chi connectivity index (χ0) is 23.7. The smallest absolute Gasteiger partial charge is 0.335 e. The highest BCUT2D eigenvalue weighted by molar-refractivity contribution is 7.59. The number of nitrogens with one attached hydrogen (secondary N) is 1. The minimum absolute atomic E-state index is 0. The van der Waals surface area contributed by atoms with E-state index in [2.05, 4.69) is 30.3 Å². The lowest BCUT2D eigenvalue weighted by atomic mass is 9.74. The molecule has 0 saturated carbocycles. The number of esters is 1. The van der Waals surface area contributed by atoms with Crippen LogP contribution in [0.4, 0.5) is 0 Å². The van der Waals surface area contributed by atoms with Crippen LogP contribution in [0.2, 0.25) is 0 Å². The van der Waals surface area contributed by atoms with E-state index >= 15 is 0 Å². The molecule has 1 aromatic carbocycles. The lowest BCUT2D eigenvalue weighted by Gasteiger charge is -2.35. The third-order valence-electron chi connectivity index (χ3n) is 6.17. The van der Waals surface area contributed by atoms with Crippen LogP contribution >= 0.6 is 13.5 Å². The van der Waals surface area contributed by atoms with Gasteiger partial charge in [0.05, 0.1) is 0 Å². The second kappa shape index (κ2) is 13.4. The number of nitrogens with zero attached hydrogens (tertiary/aromatic N) is 1. The maximum atomic E-state index is 12.2. The number of likely N-dealkylation sites (N-methyl/N-ethyl adjacent to an activating group) is 1. The molecule has 1 fully saturated rings. The Hall–Kier alpha value is -2.32. The van der Waals surface area contributed by atoms with Crippen LogP contribution in [0.3, 0.4) is 0 Å². The number of amides is 1. The number of benzene rings is 1. The lowest BCUT2D eigenvalue weighted by Crippen LogP contribution is -2.44. The average Bonchev–Trinajstić information content (AvgIpc) is 2.93. The second-order valence-corrected chi connectivity index (χ2v) is 9.01. The summed E-state index contributed by atoms with van der Waals surface area (Å²) in [5, 5.41) is 11.6. The largest absolute Gasteiger partial charge is 0.480 e. The third kappa shape index (κ3) is 8.51. The van der Waals surface area contributed by atoms with E-state index in [1.807, 2.05) is 12.1 Å². The summed E-state index contributed by atoms with van der Waals surface area (Å²) in [5.74, 6) is -1.87. The first-order chi connectivity index (χ1) is 15.2. The lowest BCUT2D eigenvalue weighted by molar-refractivity contribution is -0.143. The molecule has 1 aliphatic rings. The molecule has 8 heteroatoms. The van der Waals surface area contributed by atoms with Gasteiger partial charge in [0.25, 0.3) is 0 Å². The van der Waals surface area contributed by atoms with E-state index in [4.69, 9.17) is 9.84 Å². The predicted octanol–water partition coefficient (Wildman–Crippen LogP) is 3.64. The molecule has 0 spiro atoms. The van der Waals surface area contributed by atoms with E-state index < -0.39 is 23.9 Å². The quantitative estimate of drug-likeness (QED) is 0.320. The number of hydrogen-bond donors (Lipinski definition) is 2. The van der Waals surface area contributed by atoms with Gasteiger partial charge in [0.1, 0.15) is 11.8 Å². The number of carbonyl (C=O) groups excluding carboxylic acids is 2. The Morgan fingerprint density at radius 2 is 2.00 bits per heavy atom. The number of hydrogen-bond acceptors (Lipinski definition) is 5. The van der Waals surface area contributed by atoms with Crippen LogP contribution in [0.15, 0.2) is 36.4 Å². The van der Waals surface area contributed by atoms with Crippen LogP contribution in [-0.2, 0) is 19.8 Å². The summed E-state index contributed by atoms with van der Waals surface area (Å²) in [6.45, 7) is 7.72. The van der Waals surface area contributed by atoms with Gasteiger partial charge in [-0.05, 0) is 56.5 Å². The molecule has 0 radical (unpaired) electrons. The minimum Gasteiger partial charge on any atom is -0.480 e. The zero-order valence-corrected chi connectivity index (χ0v) is 21.1. The average molecular weight is 479 g/mol. The number of aliphatic carboxylic acids is 1. The Kier molecular flexibility index (Phi) is 11.7. The maximum absolute atomic E-state index is 12.2. The molecule has 1 heterocycles. The van der Waals surface area contributed by atoms with Gasteiger partial charge in [-0.15, -0.1) is 0 Å². The molecule has 7 nitrogen and oxygen atoms in total. The Bertz CT molecular complexity index is 842. The number of rotatable bonds is 9. The Labute approximate surface area is 204 Å². The number of carbonyl (C=O) groups is 3. The van der Waals surface area contributed by atoms with Gasteiger partial charge in [0.15, 0.2) is 0 Å². The summed E-state index contributed by atoms with van der Waals surface area (Å²) in [6, 6.07) is 6.76. The summed E-state index contributed by atoms with van der Waals surface area (Å²) >= 11 is 0. The van der Waals surface area contributed by atoms with Crippen molar-refractivity contribution in [3.8, 4) is 5.75 Å². The van der Waals surface area contributed by atoms with E-state index in [0.717, 1.165) is 25.9 Å². The molecular formula is C25H38N2O5S. The van der Waals surface area contributed by atoms with Crippen LogP contribution in [0, 0.1) is 5.92 Å². The summed E-state index contributed by atoms with van der Waals surface area (Å²) in [4.78, 5) is 37.7. The normalized spacial score (nSPS) is 20.0. The van der Waals surface area contributed by atoms with Crippen molar-refractivity contribution in [2.75, 3.05) is 20.1 Å². The van der Waals surface area contributed by atoms with E-state index in [9.17, 15) is 14.4 Å². The van der Waals surface area contributed by atoms with Crippen molar-refractivity contribution in [3.05, 3.63) is 42.0 Å². The summed E-state index contributed by atoms with van der Waals surface area (Å²) in [7, 11) is 2.15. The fraction of sp³-hybridized carbons (Fsp3) is 0.560. The fourth-order valence-corrected chi connectivity index (χ4v) is 4.30. The van der Waals surface area contributed by atoms with Gasteiger partial charge in [0, 0.05) is 24.5 Å². The molecule has 184 valence electrons. The zero-order valence-electron chi connectivity index (χ0n) is 20.1. The molecule has 2 atom stereocenters. The van der Waals surface area contributed by atoms with E-state index in [1.165, 1.54) is 30.6 Å². The molecule has 2 rings (SSSR count). The Morgan fingerprint density at radius 3 is 2.64 bits per heavy atom. The van der Waals surface area contributed by atoms with Gasteiger partial charge in [-0.3, -0.25) is 4.79 Å². The highest BCUT2D eigenvalue weighted by atomic mass is 32.1. The monoisotopic (exact) mass is 478 g/mol. The summed E-state index contributed by atoms with van der Waals surface area (Å²) in [5.41, 5.74) is 1.22. The summed E-state index contributed by atoms with van der Waals surface area (Å²) < 4.78 is 5.47. The molecule has 2 N–H and O–H groups in total. The molecule has 33 heavy (non-hydrogen) atoms. The van der Waals surface area contributed by atoms with Crippen LogP contribution < -0.4 is 10.1 Å². The highest BCUT2D eigenvalue weighted by Gasteiger charge is 2.33. The first-order valence-electron chi connectivity index (χ1n) is 11.4. The van der Waals surface area contributed by atoms with Gasteiger partial charge < -0.3 is 20.1 Å². The minimum atomic E-state index is -1.08. The first kappa shape index (κ1) is 28.7. The van der Waals surface area contributed by atoms with Crippen molar-refractivity contribution in [3.63, 3.8) is 0 Å². The van der Waals surface area contributed by atoms with Crippen molar-refractivity contribution in [1.29, 1.82) is 0 Å². The van der Waals surface area contributed by atoms with Crippen molar-refractivity contribution < 1.29 is 24.2 Å². The van der Waals surface area contributed by atoms with E-state index in [1.54, 1.807) is 19.9 Å². The molecule has 1 saturated heterocycles. The number of carboxylic acid groups (broad SMARTS) is 1. The second-order valence-electron chi connectivity index (χ2n) is 9.01. The maximum Gasteiger partial charge on any atom is 0.335 e. The molecular weight excluding hydrogens is 440 g/mol. The van der Waals surface area contributed by atoms with E-state index in [-0.39, 0.29) is 31.2 Å². The topological polar surface area (TPSA) is 95.9 Å². The van der Waals surface area contributed by atoms with Gasteiger partial charge in [-0.1, -0.05) is 45.4 Å². The Balaban J connectivity index is 0.00000544. The van der Waals surface area contributed by atoms with Crippen LogP contribution in [0.5, 0.6) is 5.75 Å². The molecule has 0 aromatic heterocycles. The Morgan fingerprint density at radius 1 is 1.27 bits per heavy atom. The van der Waals surface area contributed by atoms with Gasteiger partial charge in [-0.25, -0.2) is 9.59 Å². The standard InChI is InChI=1S/C25H36N2O5.H2S/c1-5-25(14-6-7-15-27(4)17-25)19-10-8-11-20(16-19)32-22(29)13-9-12-21(28)26-23(18(2)3)24(30)31;/h8-11,13,16,18,23H,5-7,12,14-15,17H2,1-4H3,(H,26,28)(H,30,31);1H2/b13-9+;/t23-,25?;/m0./s1. The number of carboxylic acids is 1. The van der Waals surface area contributed by atoms with Crippen molar-refractivity contribution >= 4 is 31.3 Å². The third-order valence-corrected chi connectivity index (χ3v) is 6.17. The van der Waals surface area contributed by atoms with Crippen molar-refractivity contribution in [2.24, 2.45) is 5.92 Å². The van der Waals surface area contributed by atoms with Gasteiger partial charge in [-0.2, -0.15) is 13.5 Å².